The fourth-order valence-corrected chi connectivity index (χ4v) is 7.05. The maximum absolute atomic E-state index is 7.02. The highest BCUT2D eigenvalue weighted by Crippen LogP contribution is 2.34. The Morgan fingerprint density at radius 1 is 0.446 bits per heavy atom. The van der Waals surface area contributed by atoms with E-state index in [0.29, 0.717) is 33.0 Å². The van der Waals surface area contributed by atoms with Gasteiger partial charge in [-0.05, 0) is 40.3 Å². The van der Waals surface area contributed by atoms with Crippen molar-refractivity contribution in [3.05, 3.63) is 192 Å². The molecule has 0 aromatic heterocycles. The zero-order valence-corrected chi connectivity index (χ0v) is 31.9. The number of hydrogen-bond acceptors (Lipinski definition) is 8. The number of benzene rings is 5. The zero-order valence-electron chi connectivity index (χ0n) is 31.9. The summed E-state index contributed by atoms with van der Waals surface area (Å²) in [4.78, 5) is 0. The zero-order chi connectivity index (χ0) is 38.2. The topological polar surface area (TPSA) is 73.8 Å². The third-order valence-corrected chi connectivity index (χ3v) is 10.0. The maximum atomic E-state index is 7.02. The molecule has 0 amide bonds. The molecule has 0 bridgehead atoms. The van der Waals surface area contributed by atoms with Crippen molar-refractivity contribution in [2.24, 2.45) is 0 Å². The van der Waals surface area contributed by atoms with Crippen molar-refractivity contribution in [3.63, 3.8) is 0 Å². The van der Waals surface area contributed by atoms with E-state index in [1.165, 1.54) is 0 Å². The Bertz CT molecular complexity index is 1840. The van der Waals surface area contributed by atoms with Gasteiger partial charge in [0.1, 0.15) is 42.7 Å². The van der Waals surface area contributed by atoms with Crippen molar-refractivity contribution in [3.8, 4) is 0 Å². The summed E-state index contributed by atoms with van der Waals surface area (Å²) in [6, 6.07) is 50.6. The SMILES string of the molecule is CCC1OC=CC(O[C@@H]2OC(COCc3ccccc3)[C@H](OCc3ccccc3)[C@H](OCc3ccccc3)C2OCc2ccccc2)C1OCc1ccccc1. The van der Waals surface area contributed by atoms with Crippen LogP contribution in [-0.4, -0.2) is 55.6 Å². The predicted molar refractivity (Wildman–Crippen MR) is 214 cm³/mol. The van der Waals surface area contributed by atoms with E-state index < -0.39 is 42.9 Å². The van der Waals surface area contributed by atoms with Gasteiger partial charge in [0.25, 0.3) is 0 Å². The molecule has 5 aromatic carbocycles. The van der Waals surface area contributed by atoms with Gasteiger partial charge in [0.2, 0.25) is 0 Å². The third-order valence-electron chi connectivity index (χ3n) is 10.0. The lowest BCUT2D eigenvalue weighted by Gasteiger charge is -2.47. The van der Waals surface area contributed by atoms with Crippen LogP contribution in [0, 0.1) is 0 Å². The number of ether oxygens (including phenoxy) is 8. The van der Waals surface area contributed by atoms with Crippen molar-refractivity contribution >= 4 is 0 Å². The second-order valence-electron chi connectivity index (χ2n) is 14.1. The quantitative estimate of drug-likeness (QED) is 0.0828. The highest BCUT2D eigenvalue weighted by Gasteiger charge is 2.50. The van der Waals surface area contributed by atoms with Gasteiger partial charge in [0, 0.05) is 0 Å². The Morgan fingerprint density at radius 3 is 1.32 bits per heavy atom. The Kier molecular flexibility index (Phi) is 14.9. The van der Waals surface area contributed by atoms with Gasteiger partial charge in [-0.1, -0.05) is 159 Å². The summed E-state index contributed by atoms with van der Waals surface area (Å²) in [5, 5.41) is 0. The molecule has 0 spiro atoms. The van der Waals surface area contributed by atoms with Crippen LogP contribution >= 0.6 is 0 Å². The van der Waals surface area contributed by atoms with E-state index in [4.69, 9.17) is 37.9 Å². The van der Waals surface area contributed by atoms with E-state index >= 15 is 0 Å². The van der Waals surface area contributed by atoms with E-state index in [2.05, 4.69) is 43.3 Å². The van der Waals surface area contributed by atoms with Crippen molar-refractivity contribution in [2.45, 2.75) is 95.4 Å². The van der Waals surface area contributed by atoms with E-state index in [0.717, 1.165) is 34.2 Å². The van der Waals surface area contributed by atoms with Crippen LogP contribution in [0.1, 0.15) is 41.2 Å². The molecule has 0 aliphatic carbocycles. The smallest absolute Gasteiger partial charge is 0.187 e. The summed E-state index contributed by atoms with van der Waals surface area (Å²) in [7, 11) is 0. The van der Waals surface area contributed by atoms with E-state index in [9.17, 15) is 0 Å². The first-order valence-electron chi connectivity index (χ1n) is 19.6. The number of hydrogen-bond donors (Lipinski definition) is 0. The molecule has 2 aliphatic rings. The molecule has 1 fully saturated rings. The molecule has 5 unspecified atom stereocenters. The maximum Gasteiger partial charge on any atom is 0.187 e. The van der Waals surface area contributed by atoms with Gasteiger partial charge in [-0.2, -0.15) is 0 Å². The molecular formula is C48H52O8. The first-order valence-corrected chi connectivity index (χ1v) is 19.6. The van der Waals surface area contributed by atoms with Crippen LogP contribution in [0.5, 0.6) is 0 Å². The molecule has 8 heteroatoms. The molecule has 292 valence electrons. The monoisotopic (exact) mass is 756 g/mol. The largest absolute Gasteiger partial charge is 0.495 e. The van der Waals surface area contributed by atoms with Crippen LogP contribution in [0.3, 0.4) is 0 Å². The van der Waals surface area contributed by atoms with E-state index in [1.807, 2.05) is 121 Å². The highest BCUT2D eigenvalue weighted by atomic mass is 16.7. The van der Waals surface area contributed by atoms with Crippen molar-refractivity contribution in [1.29, 1.82) is 0 Å². The molecule has 8 nitrogen and oxygen atoms in total. The molecule has 2 aliphatic heterocycles. The second-order valence-corrected chi connectivity index (χ2v) is 14.1. The van der Waals surface area contributed by atoms with Gasteiger partial charge in [0.05, 0.1) is 45.9 Å². The van der Waals surface area contributed by atoms with Crippen LogP contribution in [0.15, 0.2) is 164 Å². The normalized spacial score (nSPS) is 24.7. The minimum absolute atomic E-state index is 0.224. The van der Waals surface area contributed by atoms with Gasteiger partial charge in [0.15, 0.2) is 6.29 Å². The average molecular weight is 757 g/mol. The van der Waals surface area contributed by atoms with E-state index in [1.54, 1.807) is 6.26 Å². The van der Waals surface area contributed by atoms with Gasteiger partial charge in [-0.3, -0.25) is 0 Å². The molecule has 5 aromatic rings. The van der Waals surface area contributed by atoms with Crippen molar-refractivity contribution in [2.75, 3.05) is 6.61 Å². The second kappa shape index (κ2) is 21.0. The standard InChI is InChI=1S/C48H52O8/c1-2-41-44(51-31-37-20-10-4-11-21-37)42(28-29-50-41)55-48-47(54-34-40-26-16-7-17-27-40)46(53-33-39-24-14-6-15-25-39)45(52-32-38-22-12-5-13-23-38)43(56-48)35-49-30-36-18-8-3-9-19-36/h3-29,41-48H,2,30-35H2,1H3/t41?,42?,43?,44?,45-,46-,47?,48+/m0/s1. The lowest BCUT2D eigenvalue weighted by atomic mass is 9.97. The van der Waals surface area contributed by atoms with Crippen molar-refractivity contribution in [1.82, 2.24) is 0 Å². The molecule has 0 radical (unpaired) electrons. The Balaban J connectivity index is 1.21. The summed E-state index contributed by atoms with van der Waals surface area (Å²) >= 11 is 0. The summed E-state index contributed by atoms with van der Waals surface area (Å²) < 4.78 is 53.7. The number of rotatable bonds is 19. The van der Waals surface area contributed by atoms with Crippen LogP contribution in [0.25, 0.3) is 0 Å². The molecule has 2 heterocycles. The Morgan fingerprint density at radius 2 is 0.857 bits per heavy atom. The first kappa shape index (κ1) is 39.6. The molecule has 1 saturated heterocycles. The lowest BCUT2D eigenvalue weighted by Crippen LogP contribution is -2.63. The summed E-state index contributed by atoms with van der Waals surface area (Å²) in [5.41, 5.74) is 5.22. The van der Waals surface area contributed by atoms with Crippen LogP contribution in [0.4, 0.5) is 0 Å². The summed E-state index contributed by atoms with van der Waals surface area (Å²) in [6.07, 6.45) is -0.132. The minimum atomic E-state index is -0.880. The highest BCUT2D eigenvalue weighted by molar-refractivity contribution is 5.17. The van der Waals surface area contributed by atoms with Gasteiger partial charge >= 0.3 is 0 Å². The molecule has 7 rings (SSSR count). The Hall–Kier alpha value is -4.64. The average Bonchev–Trinajstić information content (AvgIpc) is 3.26. The third kappa shape index (κ3) is 11.2. The van der Waals surface area contributed by atoms with E-state index in [-0.39, 0.29) is 12.7 Å². The van der Waals surface area contributed by atoms with Gasteiger partial charge in [-0.25, -0.2) is 0 Å². The Labute approximate surface area is 330 Å². The van der Waals surface area contributed by atoms with Gasteiger partial charge in [-0.15, -0.1) is 0 Å². The first-order chi connectivity index (χ1) is 27.7. The van der Waals surface area contributed by atoms with Crippen LogP contribution in [0.2, 0.25) is 0 Å². The molecular weight excluding hydrogens is 705 g/mol. The predicted octanol–water partition coefficient (Wildman–Crippen LogP) is 8.98. The molecule has 0 saturated carbocycles. The lowest BCUT2D eigenvalue weighted by molar-refractivity contribution is -0.340. The van der Waals surface area contributed by atoms with Crippen LogP contribution in [-0.2, 0) is 70.9 Å². The fourth-order valence-electron chi connectivity index (χ4n) is 7.05. The fraction of sp³-hybridized carbons (Fsp3) is 0.333. The van der Waals surface area contributed by atoms with Gasteiger partial charge < -0.3 is 37.9 Å². The summed E-state index contributed by atoms with van der Waals surface area (Å²) in [5.74, 6) is 0. The molecule has 56 heavy (non-hydrogen) atoms. The molecule has 0 N–H and O–H groups in total. The van der Waals surface area contributed by atoms with Crippen LogP contribution < -0.4 is 0 Å². The molecule has 8 atom stereocenters. The van der Waals surface area contributed by atoms with Crippen molar-refractivity contribution < 1.29 is 37.9 Å². The minimum Gasteiger partial charge on any atom is -0.495 e. The summed E-state index contributed by atoms with van der Waals surface area (Å²) in [6.45, 7) is 4.15.